The number of carbonyl (C=O) groups is 1. The number of aliphatic hydroxyl groups excluding tert-OH is 1. The standard InChI is InChI=1S/C23H27NO3S/c1-3-24-20-9-8-19(13-16(20)7-10-22(24)26)28-18-6-4-5-17(14-18)23-15(2)27-12-11-21(23)25/h4-6,8-9,13-15,21,23,25H,3,7,10-12H2,1-2H3. The Morgan fingerprint density at radius 3 is 2.79 bits per heavy atom. The Kier molecular flexibility index (Phi) is 5.76. The fourth-order valence-electron chi connectivity index (χ4n) is 4.33. The van der Waals surface area contributed by atoms with E-state index < -0.39 is 0 Å². The third-order valence-electron chi connectivity index (χ3n) is 5.76. The highest BCUT2D eigenvalue weighted by Gasteiger charge is 2.31. The SMILES string of the molecule is CCN1C(=O)CCc2cc(Sc3cccc(C4C(O)CCOC4C)c3)ccc21. The molecule has 0 spiro atoms. The number of fused-ring (bicyclic) bond motifs is 1. The normalized spacial score (nSPS) is 24.9. The molecule has 5 heteroatoms. The highest BCUT2D eigenvalue weighted by atomic mass is 32.2. The second-order valence-electron chi connectivity index (χ2n) is 7.56. The smallest absolute Gasteiger partial charge is 0.227 e. The lowest BCUT2D eigenvalue weighted by atomic mass is 9.86. The number of carbonyl (C=O) groups excluding carboxylic acids is 1. The minimum Gasteiger partial charge on any atom is -0.392 e. The van der Waals surface area contributed by atoms with Crippen molar-refractivity contribution in [1.29, 1.82) is 0 Å². The van der Waals surface area contributed by atoms with E-state index in [1.54, 1.807) is 11.8 Å². The molecule has 1 amide bonds. The van der Waals surface area contributed by atoms with Crippen molar-refractivity contribution in [2.24, 2.45) is 0 Å². The Morgan fingerprint density at radius 2 is 2.00 bits per heavy atom. The summed E-state index contributed by atoms with van der Waals surface area (Å²) in [6.45, 7) is 5.40. The van der Waals surface area contributed by atoms with Gasteiger partial charge in [-0.2, -0.15) is 0 Å². The number of amides is 1. The van der Waals surface area contributed by atoms with Crippen LogP contribution < -0.4 is 4.90 Å². The molecule has 0 aliphatic carbocycles. The molecule has 3 unspecified atom stereocenters. The van der Waals surface area contributed by atoms with Gasteiger partial charge in [0.05, 0.1) is 12.2 Å². The van der Waals surface area contributed by atoms with Crippen molar-refractivity contribution >= 4 is 23.4 Å². The molecular weight excluding hydrogens is 370 g/mol. The van der Waals surface area contributed by atoms with Crippen molar-refractivity contribution in [1.82, 2.24) is 0 Å². The van der Waals surface area contributed by atoms with Crippen molar-refractivity contribution in [3.8, 4) is 0 Å². The van der Waals surface area contributed by atoms with E-state index in [4.69, 9.17) is 4.74 Å². The number of aliphatic hydroxyl groups is 1. The van der Waals surface area contributed by atoms with Gasteiger partial charge in [-0.25, -0.2) is 0 Å². The number of benzene rings is 2. The number of ether oxygens (including phenoxy) is 1. The van der Waals surface area contributed by atoms with Gasteiger partial charge >= 0.3 is 0 Å². The van der Waals surface area contributed by atoms with Crippen LogP contribution in [0.4, 0.5) is 5.69 Å². The van der Waals surface area contributed by atoms with Crippen LogP contribution in [0, 0.1) is 0 Å². The molecule has 2 aliphatic rings. The molecule has 1 saturated heterocycles. The zero-order valence-electron chi connectivity index (χ0n) is 16.4. The van der Waals surface area contributed by atoms with Gasteiger partial charge < -0.3 is 14.7 Å². The van der Waals surface area contributed by atoms with Crippen molar-refractivity contribution < 1.29 is 14.6 Å². The van der Waals surface area contributed by atoms with Crippen LogP contribution in [0.1, 0.15) is 43.7 Å². The lowest BCUT2D eigenvalue weighted by molar-refractivity contribution is -0.118. The summed E-state index contributed by atoms with van der Waals surface area (Å²) in [6.07, 6.45) is 1.74. The second-order valence-corrected chi connectivity index (χ2v) is 8.71. The summed E-state index contributed by atoms with van der Waals surface area (Å²) in [7, 11) is 0. The van der Waals surface area contributed by atoms with Crippen LogP contribution in [0.3, 0.4) is 0 Å². The summed E-state index contributed by atoms with van der Waals surface area (Å²) < 4.78 is 5.77. The van der Waals surface area contributed by atoms with Gasteiger partial charge in [-0.15, -0.1) is 0 Å². The highest BCUT2D eigenvalue weighted by Crippen LogP contribution is 2.37. The topological polar surface area (TPSA) is 49.8 Å². The molecule has 2 aromatic rings. The van der Waals surface area contributed by atoms with Crippen molar-refractivity contribution in [2.75, 3.05) is 18.1 Å². The molecule has 0 radical (unpaired) electrons. The maximum Gasteiger partial charge on any atom is 0.227 e. The molecule has 2 aliphatic heterocycles. The Hall–Kier alpha value is -1.82. The van der Waals surface area contributed by atoms with E-state index in [9.17, 15) is 9.90 Å². The van der Waals surface area contributed by atoms with E-state index in [0.717, 1.165) is 22.6 Å². The van der Waals surface area contributed by atoms with Gasteiger partial charge in [-0.05, 0) is 68.1 Å². The molecule has 28 heavy (non-hydrogen) atoms. The largest absolute Gasteiger partial charge is 0.392 e. The van der Waals surface area contributed by atoms with Crippen molar-refractivity contribution in [3.05, 3.63) is 53.6 Å². The fraction of sp³-hybridized carbons (Fsp3) is 0.435. The van der Waals surface area contributed by atoms with Crippen LogP contribution in [-0.4, -0.2) is 36.4 Å². The van der Waals surface area contributed by atoms with E-state index in [-0.39, 0.29) is 24.0 Å². The van der Waals surface area contributed by atoms with Crippen LogP contribution >= 0.6 is 11.8 Å². The average molecular weight is 398 g/mol. The second kappa shape index (κ2) is 8.27. The zero-order valence-corrected chi connectivity index (χ0v) is 17.2. The molecule has 1 N–H and O–H groups in total. The lowest BCUT2D eigenvalue weighted by Crippen LogP contribution is -2.36. The van der Waals surface area contributed by atoms with E-state index in [0.29, 0.717) is 26.0 Å². The van der Waals surface area contributed by atoms with Crippen LogP contribution in [0.5, 0.6) is 0 Å². The quantitative estimate of drug-likeness (QED) is 0.831. The Bertz CT molecular complexity index is 859. The minimum absolute atomic E-state index is 0.0157. The molecule has 4 rings (SSSR count). The monoisotopic (exact) mass is 397 g/mol. The predicted molar refractivity (Wildman–Crippen MR) is 112 cm³/mol. The Labute approximate surface area is 170 Å². The third-order valence-corrected chi connectivity index (χ3v) is 6.74. The predicted octanol–water partition coefficient (Wildman–Crippen LogP) is 4.39. The third kappa shape index (κ3) is 3.84. The van der Waals surface area contributed by atoms with Gasteiger partial charge in [-0.1, -0.05) is 23.9 Å². The summed E-state index contributed by atoms with van der Waals surface area (Å²) in [6, 6.07) is 14.8. The van der Waals surface area contributed by atoms with Gasteiger partial charge in [-0.3, -0.25) is 4.79 Å². The molecular formula is C23H27NO3S. The summed E-state index contributed by atoms with van der Waals surface area (Å²) in [5, 5.41) is 10.5. The van der Waals surface area contributed by atoms with Gasteiger partial charge in [0.2, 0.25) is 5.91 Å². The number of hydrogen-bond acceptors (Lipinski definition) is 4. The number of hydrogen-bond donors (Lipinski definition) is 1. The molecule has 0 saturated carbocycles. The maximum atomic E-state index is 12.1. The number of nitrogens with zero attached hydrogens (tertiary/aromatic N) is 1. The molecule has 4 nitrogen and oxygen atoms in total. The first-order valence-corrected chi connectivity index (χ1v) is 10.9. The van der Waals surface area contributed by atoms with Crippen LogP contribution in [0.25, 0.3) is 0 Å². The van der Waals surface area contributed by atoms with Crippen molar-refractivity contribution in [3.63, 3.8) is 0 Å². The first-order valence-electron chi connectivity index (χ1n) is 10.1. The fourth-order valence-corrected chi connectivity index (χ4v) is 5.28. The van der Waals surface area contributed by atoms with Gasteiger partial charge in [0, 0.05) is 41.0 Å². The molecule has 0 bridgehead atoms. The zero-order chi connectivity index (χ0) is 19.7. The van der Waals surface area contributed by atoms with Crippen molar-refractivity contribution in [2.45, 2.75) is 61.0 Å². The first-order chi connectivity index (χ1) is 13.6. The van der Waals surface area contributed by atoms with Crippen LogP contribution in [0.15, 0.2) is 52.3 Å². The maximum absolute atomic E-state index is 12.1. The first kappa shape index (κ1) is 19.5. The molecule has 148 valence electrons. The van der Waals surface area contributed by atoms with Crippen LogP contribution in [-0.2, 0) is 16.0 Å². The van der Waals surface area contributed by atoms with Gasteiger partial charge in [0.15, 0.2) is 0 Å². The van der Waals surface area contributed by atoms with E-state index in [2.05, 4.69) is 42.5 Å². The molecule has 3 atom stereocenters. The van der Waals surface area contributed by atoms with E-state index >= 15 is 0 Å². The molecule has 2 heterocycles. The molecule has 0 aromatic heterocycles. The minimum atomic E-state index is -0.356. The molecule has 2 aromatic carbocycles. The number of anilines is 1. The average Bonchev–Trinajstić information content (AvgIpc) is 2.68. The number of aryl methyl sites for hydroxylation is 1. The Balaban J connectivity index is 1.56. The summed E-state index contributed by atoms with van der Waals surface area (Å²) >= 11 is 1.72. The lowest BCUT2D eigenvalue weighted by Gasteiger charge is -2.34. The van der Waals surface area contributed by atoms with E-state index in [1.165, 1.54) is 10.5 Å². The Morgan fingerprint density at radius 1 is 1.18 bits per heavy atom. The summed E-state index contributed by atoms with van der Waals surface area (Å²) in [5.41, 5.74) is 3.42. The van der Waals surface area contributed by atoms with Gasteiger partial charge in [0.1, 0.15) is 0 Å². The van der Waals surface area contributed by atoms with E-state index in [1.807, 2.05) is 18.7 Å². The van der Waals surface area contributed by atoms with Gasteiger partial charge in [0.25, 0.3) is 0 Å². The number of rotatable bonds is 4. The van der Waals surface area contributed by atoms with Crippen LogP contribution in [0.2, 0.25) is 0 Å². The summed E-state index contributed by atoms with van der Waals surface area (Å²) in [5.74, 6) is 0.229. The molecule has 1 fully saturated rings. The summed E-state index contributed by atoms with van der Waals surface area (Å²) in [4.78, 5) is 16.3. The highest BCUT2D eigenvalue weighted by molar-refractivity contribution is 7.99.